The van der Waals surface area contributed by atoms with E-state index in [1.807, 2.05) is 19.9 Å². The highest BCUT2D eigenvalue weighted by Crippen LogP contribution is 2.35. The minimum Gasteiger partial charge on any atom is -0.461 e. The SMILES string of the molecule is CC[C@H]1OC(=O)[C@H](C)[C@H](O)[C@H](C)[C@@H](O[C@@H]2O[C@H](C)[C@@H](O)[C@H](N(C)C)[C@H]2O)[C@@H](CC=O)C[C@@H](C)C(=O)/C=C/C(C)=C/[C@@H]1CO[C@@H]1O[C@H](C)[C@@H](O)[C@@H](OC)[C@H]1OC. The minimum absolute atomic E-state index is 0.00644. The average Bonchev–Trinajstić information content (AvgIpc) is 3.14. The Morgan fingerprint density at radius 2 is 1.47 bits per heavy atom. The van der Waals surface area contributed by atoms with E-state index in [0.717, 1.165) is 6.29 Å². The van der Waals surface area contributed by atoms with Crippen molar-refractivity contribution in [2.75, 3.05) is 34.9 Å². The monoisotopic (exact) mass is 785 g/mol. The summed E-state index contributed by atoms with van der Waals surface area (Å²) < 4.78 is 41.9. The fourth-order valence-corrected chi connectivity index (χ4v) is 8.01. The van der Waals surface area contributed by atoms with Crippen molar-refractivity contribution >= 4 is 18.0 Å². The molecule has 0 amide bonds. The zero-order valence-electron chi connectivity index (χ0n) is 34.3. The van der Waals surface area contributed by atoms with Gasteiger partial charge in [-0.1, -0.05) is 38.5 Å². The molecule has 0 radical (unpaired) electrons. The van der Waals surface area contributed by atoms with E-state index in [1.54, 1.807) is 59.7 Å². The smallest absolute Gasteiger partial charge is 0.311 e. The van der Waals surface area contributed by atoms with Gasteiger partial charge in [0, 0.05) is 38.4 Å². The maximum atomic E-state index is 13.9. The summed E-state index contributed by atoms with van der Waals surface area (Å²) in [5.74, 6) is -4.49. The number of aliphatic hydroxyl groups is 4. The number of nitrogens with zero attached hydrogens (tertiary/aromatic N) is 1. The van der Waals surface area contributed by atoms with E-state index in [1.165, 1.54) is 20.3 Å². The molecule has 15 nitrogen and oxygen atoms in total. The van der Waals surface area contributed by atoms with Gasteiger partial charge in [0.15, 0.2) is 18.4 Å². The highest BCUT2D eigenvalue weighted by atomic mass is 16.7. The summed E-state index contributed by atoms with van der Waals surface area (Å²) in [6, 6.07) is -0.745. The molecule has 3 aliphatic heterocycles. The lowest BCUT2D eigenvalue weighted by Crippen LogP contribution is -2.63. The number of hydrogen-bond donors (Lipinski definition) is 4. The molecule has 3 heterocycles. The van der Waals surface area contributed by atoms with E-state index in [9.17, 15) is 34.8 Å². The molecule has 0 aromatic carbocycles. The molecule has 0 spiro atoms. The number of methoxy groups -OCH3 is 2. The molecule has 2 saturated heterocycles. The molecule has 0 aromatic heterocycles. The number of ether oxygens (including phenoxy) is 7. The molecule has 3 rings (SSSR count). The van der Waals surface area contributed by atoms with Gasteiger partial charge >= 0.3 is 5.97 Å². The first-order chi connectivity index (χ1) is 25.9. The van der Waals surface area contributed by atoms with Crippen molar-refractivity contribution in [3.05, 3.63) is 23.8 Å². The number of allylic oxidation sites excluding steroid dienone is 3. The van der Waals surface area contributed by atoms with Gasteiger partial charge in [-0.3, -0.25) is 9.59 Å². The molecule has 316 valence electrons. The van der Waals surface area contributed by atoms with Crippen LogP contribution in [0.1, 0.15) is 67.7 Å². The topological polar surface area (TPSA) is 200 Å². The number of esters is 1. The van der Waals surface area contributed by atoms with Gasteiger partial charge in [-0.05, 0) is 66.6 Å². The third-order valence-corrected chi connectivity index (χ3v) is 11.5. The Hall–Kier alpha value is -2.15. The predicted octanol–water partition coefficient (Wildman–Crippen LogP) is 1.81. The Morgan fingerprint density at radius 1 is 0.855 bits per heavy atom. The van der Waals surface area contributed by atoms with E-state index in [-0.39, 0.29) is 25.2 Å². The second-order valence-corrected chi connectivity index (χ2v) is 15.8. The molecule has 3 aliphatic rings. The second kappa shape index (κ2) is 21.6. The summed E-state index contributed by atoms with van der Waals surface area (Å²) in [6.07, 6.45) is -5.07. The number of hydrogen-bond acceptors (Lipinski definition) is 15. The summed E-state index contributed by atoms with van der Waals surface area (Å²) in [7, 11) is 6.37. The number of aliphatic hydroxyl groups excluding tert-OH is 4. The Bertz CT molecular complexity index is 1290. The first-order valence-corrected chi connectivity index (χ1v) is 19.5. The maximum absolute atomic E-state index is 13.9. The third kappa shape index (κ3) is 11.7. The van der Waals surface area contributed by atoms with Crippen LogP contribution in [0.25, 0.3) is 0 Å². The van der Waals surface area contributed by atoms with Crippen LogP contribution in [-0.2, 0) is 47.5 Å². The maximum Gasteiger partial charge on any atom is 0.311 e. The van der Waals surface area contributed by atoms with E-state index in [4.69, 9.17) is 33.2 Å². The number of carbonyl (C=O) groups excluding carboxylic acids is 3. The Kier molecular flexibility index (Phi) is 18.5. The molecule has 4 N–H and O–H groups in total. The van der Waals surface area contributed by atoms with Crippen LogP contribution in [0.5, 0.6) is 0 Å². The lowest BCUT2D eigenvalue weighted by molar-refractivity contribution is -0.304. The summed E-state index contributed by atoms with van der Waals surface area (Å²) in [4.78, 5) is 41.2. The number of aldehydes is 1. The molecule has 55 heavy (non-hydrogen) atoms. The highest BCUT2D eigenvalue weighted by molar-refractivity contribution is 5.91. The summed E-state index contributed by atoms with van der Waals surface area (Å²) in [6.45, 7) is 12.0. The molecule has 15 heteroatoms. The lowest BCUT2D eigenvalue weighted by atomic mass is 9.78. The fourth-order valence-electron chi connectivity index (χ4n) is 8.01. The van der Waals surface area contributed by atoms with Crippen molar-refractivity contribution in [3.63, 3.8) is 0 Å². The molecular formula is C40H67NO14. The van der Waals surface area contributed by atoms with E-state index < -0.39 is 115 Å². The molecule has 0 aromatic rings. The van der Waals surface area contributed by atoms with Crippen molar-refractivity contribution < 1.29 is 68.0 Å². The van der Waals surface area contributed by atoms with E-state index in [0.29, 0.717) is 12.0 Å². The van der Waals surface area contributed by atoms with Crippen LogP contribution in [0.4, 0.5) is 0 Å². The third-order valence-electron chi connectivity index (χ3n) is 11.5. The largest absolute Gasteiger partial charge is 0.461 e. The van der Waals surface area contributed by atoms with Gasteiger partial charge in [-0.2, -0.15) is 0 Å². The van der Waals surface area contributed by atoms with Gasteiger partial charge in [-0.15, -0.1) is 0 Å². The van der Waals surface area contributed by atoms with Gasteiger partial charge in [-0.25, -0.2) is 0 Å². The Labute approximate surface area is 326 Å². The zero-order valence-corrected chi connectivity index (χ0v) is 34.3. The van der Waals surface area contributed by atoms with Gasteiger partial charge < -0.3 is 63.3 Å². The van der Waals surface area contributed by atoms with Crippen LogP contribution < -0.4 is 0 Å². The summed E-state index contributed by atoms with van der Waals surface area (Å²) in [5.41, 5.74) is 0.699. The number of likely N-dealkylation sites (N-methyl/N-ethyl adjacent to an activating group) is 1. The molecule has 0 aliphatic carbocycles. The van der Waals surface area contributed by atoms with Crippen LogP contribution in [0.15, 0.2) is 23.8 Å². The van der Waals surface area contributed by atoms with Crippen LogP contribution in [0.3, 0.4) is 0 Å². The average molecular weight is 786 g/mol. The van der Waals surface area contributed by atoms with Gasteiger partial charge in [0.2, 0.25) is 0 Å². The second-order valence-electron chi connectivity index (χ2n) is 15.8. The molecule has 0 unspecified atom stereocenters. The van der Waals surface area contributed by atoms with Crippen LogP contribution in [-0.4, -0.2) is 158 Å². The molecule has 0 saturated carbocycles. The standard InChI is InChI=1S/C40H67NO14/c1-12-29-27(19-51-40-37(50-11)36(49-10)33(46)25(7)53-40)17-20(2)13-14-28(43)21(3)18-26(15-16-42)35(22(4)31(44)23(5)38(48)54-29)55-39-34(47)30(41(8)9)32(45)24(6)52-39/h13-14,16-17,21-27,29-37,39-40,44-47H,12,15,18-19H2,1-11H3/b14-13+,20-17+/t21-,22+,23-,24-,25-,26+,27-,29-,30+,31-,32-,33-,34-,35-,36-,37-,39+,40-/m1/s1. The van der Waals surface area contributed by atoms with Crippen molar-refractivity contribution in [2.24, 2.45) is 29.6 Å². The predicted molar refractivity (Wildman–Crippen MR) is 200 cm³/mol. The minimum atomic E-state index is -1.35. The van der Waals surface area contributed by atoms with Crippen molar-refractivity contribution in [2.45, 2.75) is 147 Å². The zero-order chi connectivity index (χ0) is 41.3. The fraction of sp³-hybridized carbons (Fsp3) is 0.825. The van der Waals surface area contributed by atoms with E-state index in [2.05, 4.69) is 0 Å². The Balaban J connectivity index is 2.00. The first kappa shape index (κ1) is 47.2. The normalized spacial score (nSPS) is 44.4. The molecule has 0 bridgehead atoms. The molecular weight excluding hydrogens is 718 g/mol. The van der Waals surface area contributed by atoms with Crippen LogP contribution >= 0.6 is 0 Å². The van der Waals surface area contributed by atoms with Crippen molar-refractivity contribution in [1.82, 2.24) is 4.90 Å². The quantitative estimate of drug-likeness (QED) is 0.175. The van der Waals surface area contributed by atoms with Gasteiger partial charge in [0.05, 0.1) is 49.1 Å². The Morgan fingerprint density at radius 3 is 2.05 bits per heavy atom. The number of rotatable bonds is 11. The van der Waals surface area contributed by atoms with Crippen LogP contribution in [0, 0.1) is 29.6 Å². The van der Waals surface area contributed by atoms with Crippen LogP contribution in [0.2, 0.25) is 0 Å². The van der Waals surface area contributed by atoms with Gasteiger partial charge in [0.1, 0.15) is 36.8 Å². The molecule has 2 fully saturated rings. The summed E-state index contributed by atoms with van der Waals surface area (Å²) in [5, 5.41) is 44.6. The summed E-state index contributed by atoms with van der Waals surface area (Å²) >= 11 is 0. The number of cyclic esters (lactones) is 1. The van der Waals surface area contributed by atoms with Crippen molar-refractivity contribution in [1.29, 1.82) is 0 Å². The number of ketones is 1. The first-order valence-electron chi connectivity index (χ1n) is 19.5. The molecule has 18 atom stereocenters. The van der Waals surface area contributed by atoms with E-state index >= 15 is 0 Å². The highest BCUT2D eigenvalue weighted by Gasteiger charge is 2.48. The van der Waals surface area contributed by atoms with Gasteiger partial charge in [0.25, 0.3) is 0 Å². The van der Waals surface area contributed by atoms with Crippen molar-refractivity contribution in [3.8, 4) is 0 Å². The number of carbonyl (C=O) groups is 3. The lowest BCUT2D eigenvalue weighted by Gasteiger charge is -2.46.